The number of hydrogen-bond acceptors (Lipinski definition) is 4. The van der Waals surface area contributed by atoms with E-state index in [1.165, 1.54) is 0 Å². The van der Waals surface area contributed by atoms with Gasteiger partial charge >= 0.3 is 0 Å². The summed E-state index contributed by atoms with van der Waals surface area (Å²) in [7, 11) is 0. The standard InChI is InChI=1S/C16H16O4/c17-15-11-20-16-10-13(6-7-14(15)16)19-9-8-18-12-4-2-1-3-5-12/h1-7,10,15,17H,8-9,11H2. The molecule has 1 N–H and O–H groups in total. The Morgan fingerprint density at radius 1 is 1.00 bits per heavy atom. The summed E-state index contributed by atoms with van der Waals surface area (Å²) in [5, 5.41) is 9.63. The molecule has 1 unspecified atom stereocenters. The molecule has 0 aromatic heterocycles. The van der Waals surface area contributed by atoms with Gasteiger partial charge in [-0.3, -0.25) is 0 Å². The molecule has 2 aromatic rings. The second kappa shape index (κ2) is 5.84. The first-order chi connectivity index (χ1) is 9.83. The Kier molecular flexibility index (Phi) is 3.74. The van der Waals surface area contributed by atoms with Crippen LogP contribution in [0.3, 0.4) is 0 Å². The van der Waals surface area contributed by atoms with E-state index in [1.807, 2.05) is 42.5 Å². The van der Waals surface area contributed by atoms with Crippen LogP contribution in [0, 0.1) is 0 Å². The van der Waals surface area contributed by atoms with E-state index in [0.29, 0.717) is 25.6 Å². The summed E-state index contributed by atoms with van der Waals surface area (Å²) >= 11 is 0. The molecule has 0 fully saturated rings. The number of ether oxygens (including phenoxy) is 3. The highest BCUT2D eigenvalue weighted by Gasteiger charge is 2.21. The summed E-state index contributed by atoms with van der Waals surface area (Å²) in [4.78, 5) is 0. The molecule has 0 saturated heterocycles. The van der Waals surface area contributed by atoms with Crippen molar-refractivity contribution in [1.29, 1.82) is 0 Å². The minimum Gasteiger partial charge on any atom is -0.490 e. The topological polar surface area (TPSA) is 47.9 Å². The van der Waals surface area contributed by atoms with E-state index in [1.54, 1.807) is 6.07 Å². The molecule has 0 aliphatic carbocycles. The highest BCUT2D eigenvalue weighted by Crippen LogP contribution is 2.34. The summed E-state index contributed by atoms with van der Waals surface area (Å²) in [6.45, 7) is 1.25. The van der Waals surface area contributed by atoms with E-state index >= 15 is 0 Å². The van der Waals surface area contributed by atoms with Crippen LogP contribution in [-0.2, 0) is 0 Å². The maximum Gasteiger partial charge on any atom is 0.129 e. The first-order valence-electron chi connectivity index (χ1n) is 6.58. The fourth-order valence-corrected chi connectivity index (χ4v) is 2.10. The van der Waals surface area contributed by atoms with Gasteiger partial charge in [-0.25, -0.2) is 0 Å². The smallest absolute Gasteiger partial charge is 0.129 e. The molecule has 104 valence electrons. The monoisotopic (exact) mass is 272 g/mol. The first kappa shape index (κ1) is 12.8. The van der Waals surface area contributed by atoms with Crippen LogP contribution < -0.4 is 14.2 Å². The Labute approximate surface area is 117 Å². The highest BCUT2D eigenvalue weighted by atomic mass is 16.5. The molecule has 4 nitrogen and oxygen atoms in total. The Morgan fingerprint density at radius 3 is 2.55 bits per heavy atom. The second-order valence-electron chi connectivity index (χ2n) is 4.54. The molecular formula is C16H16O4. The van der Waals surface area contributed by atoms with Crippen molar-refractivity contribution in [2.45, 2.75) is 6.10 Å². The maximum absolute atomic E-state index is 9.63. The maximum atomic E-state index is 9.63. The summed E-state index contributed by atoms with van der Waals surface area (Å²) in [6, 6.07) is 15.1. The van der Waals surface area contributed by atoms with E-state index in [9.17, 15) is 5.11 Å². The van der Waals surface area contributed by atoms with Gasteiger partial charge in [-0.15, -0.1) is 0 Å². The van der Waals surface area contributed by atoms with Crippen LogP contribution in [0.5, 0.6) is 17.2 Å². The largest absolute Gasteiger partial charge is 0.490 e. The van der Waals surface area contributed by atoms with Gasteiger partial charge in [-0.1, -0.05) is 18.2 Å². The van der Waals surface area contributed by atoms with E-state index in [0.717, 1.165) is 17.1 Å². The van der Waals surface area contributed by atoms with Crippen molar-refractivity contribution in [3.05, 3.63) is 54.1 Å². The fourth-order valence-electron chi connectivity index (χ4n) is 2.10. The second-order valence-corrected chi connectivity index (χ2v) is 4.54. The van der Waals surface area contributed by atoms with Gasteiger partial charge in [-0.2, -0.15) is 0 Å². The van der Waals surface area contributed by atoms with Gasteiger partial charge in [-0.05, 0) is 24.3 Å². The number of aliphatic hydroxyl groups is 1. The van der Waals surface area contributed by atoms with Gasteiger partial charge in [0.1, 0.15) is 43.2 Å². The molecule has 4 heteroatoms. The predicted octanol–water partition coefficient (Wildman–Crippen LogP) is 2.57. The zero-order valence-corrected chi connectivity index (χ0v) is 11.0. The van der Waals surface area contributed by atoms with Gasteiger partial charge in [0.15, 0.2) is 0 Å². The average molecular weight is 272 g/mol. The van der Waals surface area contributed by atoms with Crippen molar-refractivity contribution < 1.29 is 19.3 Å². The highest BCUT2D eigenvalue weighted by molar-refractivity contribution is 5.44. The lowest BCUT2D eigenvalue weighted by molar-refractivity contribution is 0.140. The minimum atomic E-state index is -0.527. The van der Waals surface area contributed by atoms with Crippen LogP contribution in [-0.4, -0.2) is 24.9 Å². The lowest BCUT2D eigenvalue weighted by Gasteiger charge is -2.09. The van der Waals surface area contributed by atoms with E-state index in [4.69, 9.17) is 14.2 Å². The van der Waals surface area contributed by atoms with Gasteiger partial charge in [0.05, 0.1) is 0 Å². The Balaban J connectivity index is 1.50. The van der Waals surface area contributed by atoms with Gasteiger partial charge < -0.3 is 19.3 Å². The zero-order valence-electron chi connectivity index (χ0n) is 11.0. The molecule has 1 heterocycles. The van der Waals surface area contributed by atoms with E-state index < -0.39 is 6.10 Å². The molecule has 2 aromatic carbocycles. The van der Waals surface area contributed by atoms with Crippen molar-refractivity contribution in [2.75, 3.05) is 19.8 Å². The third-order valence-corrected chi connectivity index (χ3v) is 3.10. The van der Waals surface area contributed by atoms with Crippen LogP contribution in [0.4, 0.5) is 0 Å². The average Bonchev–Trinajstić information content (AvgIpc) is 2.86. The Hall–Kier alpha value is -2.20. The first-order valence-corrected chi connectivity index (χ1v) is 6.58. The zero-order chi connectivity index (χ0) is 13.8. The van der Waals surface area contributed by atoms with Crippen molar-refractivity contribution in [3.8, 4) is 17.2 Å². The normalized spacial score (nSPS) is 16.4. The van der Waals surface area contributed by atoms with Crippen LogP contribution >= 0.6 is 0 Å². The fraction of sp³-hybridized carbons (Fsp3) is 0.250. The number of para-hydroxylation sites is 1. The third-order valence-electron chi connectivity index (χ3n) is 3.10. The van der Waals surface area contributed by atoms with Crippen LogP contribution in [0.1, 0.15) is 11.7 Å². The van der Waals surface area contributed by atoms with Crippen molar-refractivity contribution in [2.24, 2.45) is 0 Å². The number of benzene rings is 2. The van der Waals surface area contributed by atoms with Crippen molar-refractivity contribution >= 4 is 0 Å². The summed E-state index contributed by atoms with van der Waals surface area (Å²) < 4.78 is 16.5. The molecule has 20 heavy (non-hydrogen) atoms. The lowest BCUT2D eigenvalue weighted by Crippen LogP contribution is -2.08. The molecule has 0 saturated carbocycles. The molecule has 0 spiro atoms. The predicted molar refractivity (Wildman–Crippen MR) is 74.3 cm³/mol. The minimum absolute atomic E-state index is 0.315. The SMILES string of the molecule is OC1COc2cc(OCCOc3ccccc3)ccc21. The molecule has 0 amide bonds. The van der Waals surface area contributed by atoms with Gasteiger partial charge in [0.2, 0.25) is 0 Å². The molecule has 0 radical (unpaired) electrons. The van der Waals surface area contributed by atoms with Crippen molar-refractivity contribution in [1.82, 2.24) is 0 Å². The van der Waals surface area contributed by atoms with Crippen LogP contribution in [0.15, 0.2) is 48.5 Å². The summed E-state index contributed by atoms with van der Waals surface area (Å²) in [5.74, 6) is 2.24. The Bertz CT molecular complexity index is 568. The Morgan fingerprint density at radius 2 is 1.75 bits per heavy atom. The molecule has 1 atom stereocenters. The third kappa shape index (κ3) is 2.86. The lowest BCUT2D eigenvalue weighted by atomic mass is 10.1. The van der Waals surface area contributed by atoms with E-state index in [2.05, 4.69) is 0 Å². The van der Waals surface area contributed by atoms with Crippen LogP contribution in [0.2, 0.25) is 0 Å². The quantitative estimate of drug-likeness (QED) is 0.850. The molecule has 1 aliphatic heterocycles. The summed E-state index contributed by atoms with van der Waals surface area (Å²) in [5.41, 5.74) is 0.817. The number of rotatable bonds is 5. The molecule has 1 aliphatic rings. The van der Waals surface area contributed by atoms with Gasteiger partial charge in [0, 0.05) is 11.6 Å². The summed E-state index contributed by atoms with van der Waals surface area (Å²) in [6.07, 6.45) is -0.527. The van der Waals surface area contributed by atoms with Crippen LogP contribution in [0.25, 0.3) is 0 Å². The van der Waals surface area contributed by atoms with E-state index in [-0.39, 0.29) is 0 Å². The van der Waals surface area contributed by atoms with Gasteiger partial charge in [0.25, 0.3) is 0 Å². The number of hydrogen-bond donors (Lipinski definition) is 1. The number of fused-ring (bicyclic) bond motifs is 1. The molecular weight excluding hydrogens is 256 g/mol. The number of aliphatic hydroxyl groups excluding tert-OH is 1. The molecule has 3 rings (SSSR count). The van der Waals surface area contributed by atoms with Crippen molar-refractivity contribution in [3.63, 3.8) is 0 Å². The molecule has 0 bridgehead atoms.